The van der Waals surface area contributed by atoms with Crippen molar-refractivity contribution in [1.29, 1.82) is 0 Å². The van der Waals surface area contributed by atoms with Crippen LogP contribution in [0.2, 0.25) is 0 Å². The van der Waals surface area contributed by atoms with Gasteiger partial charge in [-0.15, -0.1) is 5.10 Å². The van der Waals surface area contributed by atoms with E-state index < -0.39 is 0 Å². The van der Waals surface area contributed by atoms with Crippen LogP contribution in [0.15, 0.2) is 47.3 Å². The third kappa shape index (κ3) is 5.53. The minimum absolute atomic E-state index is 0.0971. The number of H-pyrrole nitrogens is 1. The summed E-state index contributed by atoms with van der Waals surface area (Å²) in [5.41, 5.74) is 1.97. The van der Waals surface area contributed by atoms with Gasteiger partial charge in [0.2, 0.25) is 0 Å². The number of hydrogen-bond donors (Lipinski definition) is 1. The highest BCUT2D eigenvalue weighted by molar-refractivity contribution is 5.83. The molecule has 38 heavy (non-hydrogen) atoms. The molecule has 1 aliphatic rings. The van der Waals surface area contributed by atoms with Crippen LogP contribution in [0.25, 0.3) is 10.9 Å². The number of aromatic amines is 1. The van der Waals surface area contributed by atoms with E-state index >= 15 is 0 Å². The van der Waals surface area contributed by atoms with Crippen LogP contribution < -0.4 is 15.0 Å². The largest absolute Gasteiger partial charge is 0.486 e. The molecule has 1 N–H and O–H groups in total. The van der Waals surface area contributed by atoms with Crippen molar-refractivity contribution in [1.82, 2.24) is 30.1 Å². The molecule has 0 saturated heterocycles. The maximum atomic E-state index is 13.7. The first-order valence-corrected chi connectivity index (χ1v) is 12.6. The van der Waals surface area contributed by atoms with Crippen LogP contribution in [0.1, 0.15) is 36.8 Å². The molecular weight excluding hydrogens is 491 g/mol. The van der Waals surface area contributed by atoms with Crippen LogP contribution in [-0.4, -0.2) is 57.0 Å². The zero-order chi connectivity index (χ0) is 26.6. The summed E-state index contributed by atoms with van der Waals surface area (Å²) in [5, 5.41) is 13.3. The van der Waals surface area contributed by atoms with E-state index in [0.29, 0.717) is 67.9 Å². The zero-order valence-corrected chi connectivity index (χ0v) is 21.7. The maximum Gasteiger partial charge on any atom is 0.252 e. The molecule has 0 bridgehead atoms. The molecule has 3 heterocycles. The number of nitrogens with one attached hydrogen (secondary N) is 1. The predicted molar refractivity (Wildman–Crippen MR) is 138 cm³/mol. The van der Waals surface area contributed by atoms with E-state index in [2.05, 4.69) is 39.3 Å². The lowest BCUT2D eigenvalue weighted by Crippen LogP contribution is -2.35. The normalized spacial score (nSPS) is 13.9. The molecule has 11 heteroatoms. The Labute approximate surface area is 219 Å². The van der Waals surface area contributed by atoms with Gasteiger partial charge in [0, 0.05) is 37.2 Å². The number of tetrazole rings is 1. The Morgan fingerprint density at radius 1 is 1.11 bits per heavy atom. The predicted octanol–water partition coefficient (Wildman–Crippen LogP) is 3.47. The van der Waals surface area contributed by atoms with Crippen molar-refractivity contribution in [2.24, 2.45) is 5.92 Å². The van der Waals surface area contributed by atoms with Crippen molar-refractivity contribution in [2.45, 2.75) is 39.5 Å². The van der Waals surface area contributed by atoms with E-state index in [1.54, 1.807) is 30.0 Å². The molecule has 2 aromatic heterocycles. The summed E-state index contributed by atoms with van der Waals surface area (Å²) in [4.78, 5) is 18.4. The molecule has 1 aliphatic heterocycles. The number of rotatable bonds is 10. The number of ether oxygens (including phenoxy) is 3. The van der Waals surface area contributed by atoms with Gasteiger partial charge in [0.15, 0.2) is 17.3 Å². The Bertz CT molecular complexity index is 1450. The SMILES string of the molecule is COCCn1nnnc1[C@H](C(C)C)N(Cc1ccc(F)cc1)Cc1cc2cc3c(cc2[nH]c1=O)OCCO3. The molecule has 0 unspecified atom stereocenters. The van der Waals surface area contributed by atoms with Crippen molar-refractivity contribution in [3.05, 3.63) is 75.6 Å². The fourth-order valence-corrected chi connectivity index (χ4v) is 4.84. The Hall–Kier alpha value is -3.83. The molecule has 200 valence electrons. The second-order valence-electron chi connectivity index (χ2n) is 9.68. The lowest BCUT2D eigenvalue weighted by atomic mass is 9.99. The maximum absolute atomic E-state index is 13.7. The van der Waals surface area contributed by atoms with Crippen molar-refractivity contribution < 1.29 is 18.6 Å². The topological polar surface area (TPSA) is 107 Å². The first-order valence-electron chi connectivity index (χ1n) is 12.6. The van der Waals surface area contributed by atoms with E-state index in [1.165, 1.54) is 12.1 Å². The summed E-state index contributed by atoms with van der Waals surface area (Å²) in [6.45, 7) is 6.86. The van der Waals surface area contributed by atoms with E-state index in [1.807, 2.05) is 12.1 Å². The van der Waals surface area contributed by atoms with Gasteiger partial charge in [-0.25, -0.2) is 9.07 Å². The average molecular weight is 523 g/mol. The van der Waals surface area contributed by atoms with Crippen LogP contribution in [-0.2, 0) is 24.4 Å². The van der Waals surface area contributed by atoms with Gasteiger partial charge in [-0.05, 0) is 46.2 Å². The molecule has 0 amide bonds. The van der Waals surface area contributed by atoms with Crippen LogP contribution in [0.4, 0.5) is 4.39 Å². The number of pyridine rings is 1. The summed E-state index contributed by atoms with van der Waals surface area (Å²) in [6.07, 6.45) is 0. The Morgan fingerprint density at radius 2 is 1.84 bits per heavy atom. The highest BCUT2D eigenvalue weighted by Gasteiger charge is 2.30. The standard InChI is InChI=1S/C27H31FN6O4/c1-17(2)25(26-30-31-32-34(26)8-9-36-3)33(15-18-4-6-21(28)7-5-18)16-20-12-19-13-23-24(38-11-10-37-23)14-22(19)29-27(20)35/h4-7,12-14,17,25H,8-11,15-16H2,1-3H3,(H,29,35)/t25-/m0/s1. The fraction of sp³-hybridized carbons (Fsp3) is 0.407. The van der Waals surface area contributed by atoms with Gasteiger partial charge < -0.3 is 19.2 Å². The third-order valence-corrected chi connectivity index (χ3v) is 6.61. The summed E-state index contributed by atoms with van der Waals surface area (Å²) in [6, 6.07) is 11.7. The third-order valence-electron chi connectivity index (χ3n) is 6.61. The van der Waals surface area contributed by atoms with Crippen LogP contribution >= 0.6 is 0 Å². The van der Waals surface area contributed by atoms with Gasteiger partial charge in [-0.2, -0.15) is 0 Å². The minimum Gasteiger partial charge on any atom is -0.486 e. The zero-order valence-electron chi connectivity index (χ0n) is 21.7. The molecule has 10 nitrogen and oxygen atoms in total. The molecular formula is C27H31FN6O4. The molecule has 0 radical (unpaired) electrons. The first-order chi connectivity index (χ1) is 18.4. The van der Waals surface area contributed by atoms with Crippen LogP contribution in [0, 0.1) is 11.7 Å². The number of halogens is 1. The second-order valence-corrected chi connectivity index (χ2v) is 9.68. The van der Waals surface area contributed by atoms with Crippen LogP contribution in [0.5, 0.6) is 11.5 Å². The van der Waals surface area contributed by atoms with Gasteiger partial charge >= 0.3 is 0 Å². The molecule has 5 rings (SSSR count). The number of benzene rings is 2. The highest BCUT2D eigenvalue weighted by Crippen LogP contribution is 2.34. The van der Waals surface area contributed by atoms with Gasteiger partial charge in [-0.1, -0.05) is 26.0 Å². The van der Waals surface area contributed by atoms with Crippen molar-refractivity contribution >= 4 is 10.9 Å². The van der Waals surface area contributed by atoms with E-state index in [4.69, 9.17) is 14.2 Å². The van der Waals surface area contributed by atoms with Crippen LogP contribution in [0.3, 0.4) is 0 Å². The summed E-state index contributed by atoms with van der Waals surface area (Å²) < 4.78 is 32.0. The molecule has 1 atom stereocenters. The molecule has 2 aromatic carbocycles. The van der Waals surface area contributed by atoms with Gasteiger partial charge in [-0.3, -0.25) is 9.69 Å². The van der Waals surface area contributed by atoms with Crippen molar-refractivity contribution in [2.75, 3.05) is 26.9 Å². The molecule has 0 aliphatic carbocycles. The molecule has 0 saturated carbocycles. The van der Waals surface area contributed by atoms with E-state index in [9.17, 15) is 9.18 Å². The van der Waals surface area contributed by atoms with E-state index in [-0.39, 0.29) is 23.3 Å². The lowest BCUT2D eigenvalue weighted by Gasteiger charge is -2.33. The number of fused-ring (bicyclic) bond motifs is 2. The van der Waals surface area contributed by atoms with E-state index in [0.717, 1.165) is 10.9 Å². The van der Waals surface area contributed by atoms with Gasteiger partial charge in [0.25, 0.3) is 5.56 Å². The number of hydrogen-bond acceptors (Lipinski definition) is 8. The summed E-state index contributed by atoms with van der Waals surface area (Å²) >= 11 is 0. The Morgan fingerprint density at radius 3 is 2.55 bits per heavy atom. The summed E-state index contributed by atoms with van der Waals surface area (Å²) in [5.74, 6) is 1.75. The average Bonchev–Trinajstić information content (AvgIpc) is 3.35. The lowest BCUT2D eigenvalue weighted by molar-refractivity contribution is 0.121. The Balaban J connectivity index is 1.54. The number of methoxy groups -OCH3 is 1. The first kappa shape index (κ1) is 25.8. The smallest absolute Gasteiger partial charge is 0.252 e. The quantitative estimate of drug-likeness (QED) is 0.337. The Kier molecular flexibility index (Phi) is 7.66. The number of nitrogens with zero attached hydrogens (tertiary/aromatic N) is 5. The minimum atomic E-state index is -0.301. The molecule has 4 aromatic rings. The highest BCUT2D eigenvalue weighted by atomic mass is 19.1. The van der Waals surface area contributed by atoms with Crippen molar-refractivity contribution in [3.63, 3.8) is 0 Å². The molecule has 0 spiro atoms. The molecule has 0 fully saturated rings. The van der Waals surface area contributed by atoms with Gasteiger partial charge in [0.1, 0.15) is 19.0 Å². The number of aromatic nitrogens is 5. The second kappa shape index (κ2) is 11.3. The fourth-order valence-electron chi connectivity index (χ4n) is 4.84. The summed E-state index contributed by atoms with van der Waals surface area (Å²) in [7, 11) is 1.63. The van der Waals surface area contributed by atoms with Gasteiger partial charge in [0.05, 0.1) is 24.7 Å². The monoisotopic (exact) mass is 522 g/mol. The van der Waals surface area contributed by atoms with Crippen molar-refractivity contribution in [3.8, 4) is 11.5 Å².